The first-order valence-corrected chi connectivity index (χ1v) is 4.49. The number of hydrazine groups is 1. The normalized spacial score (nSPS) is 9.27. The summed E-state index contributed by atoms with van der Waals surface area (Å²) in [7, 11) is 0. The molecule has 3 N–H and O–H groups in total. The van der Waals surface area contributed by atoms with Crippen LogP contribution in [0.2, 0.25) is 0 Å². The maximum Gasteiger partial charge on any atom is 0.120 e. The predicted molar refractivity (Wildman–Crippen MR) is 58.2 cm³/mol. The van der Waals surface area contributed by atoms with E-state index in [9.17, 15) is 0 Å². The zero-order valence-electron chi connectivity index (χ0n) is 5.67. The van der Waals surface area contributed by atoms with Crippen LogP contribution in [0.5, 0.6) is 0 Å². The predicted octanol–water partition coefficient (Wildman–Crippen LogP) is 1.43. The van der Waals surface area contributed by atoms with Gasteiger partial charge >= 0.3 is 0 Å². The lowest BCUT2D eigenvalue weighted by atomic mass is 10.2. The van der Waals surface area contributed by atoms with Crippen LogP contribution in [-0.2, 0) is 0 Å². The third kappa shape index (κ3) is 2.39. The van der Waals surface area contributed by atoms with Crippen molar-refractivity contribution in [3.63, 3.8) is 0 Å². The molecule has 0 saturated carbocycles. The van der Waals surface area contributed by atoms with Gasteiger partial charge in [0.15, 0.2) is 0 Å². The minimum atomic E-state index is 0.573. The average Bonchev–Trinajstić information content (AvgIpc) is 2.03. The number of rotatable bonds is 1. The number of nitrogens with one attached hydrogen (secondary N) is 1. The van der Waals surface area contributed by atoms with E-state index in [1.807, 2.05) is 24.3 Å². The Morgan fingerprint density at radius 2 is 2.27 bits per heavy atom. The van der Waals surface area contributed by atoms with Gasteiger partial charge in [-0.25, -0.2) is 5.84 Å². The van der Waals surface area contributed by atoms with Gasteiger partial charge in [-0.05, 0) is 34.7 Å². The minimum absolute atomic E-state index is 0.573. The second-order valence-corrected chi connectivity index (χ2v) is 3.64. The van der Waals surface area contributed by atoms with Crippen LogP contribution < -0.4 is 11.3 Å². The quantitative estimate of drug-likeness (QED) is 0.353. The summed E-state index contributed by atoms with van der Waals surface area (Å²) < 4.78 is 1.15. The van der Waals surface area contributed by atoms with Crippen molar-refractivity contribution in [3.8, 4) is 0 Å². The summed E-state index contributed by atoms with van der Waals surface area (Å²) in [5, 5.41) is 0. The van der Waals surface area contributed by atoms with Crippen LogP contribution >= 0.6 is 34.8 Å². The molecule has 1 aromatic carbocycles. The third-order valence-corrected chi connectivity index (χ3v) is 2.24. The van der Waals surface area contributed by atoms with E-state index in [1.54, 1.807) is 0 Å². The van der Waals surface area contributed by atoms with Gasteiger partial charge < -0.3 is 5.43 Å². The largest absolute Gasteiger partial charge is 0.314 e. The summed E-state index contributed by atoms with van der Waals surface area (Å²) in [6.45, 7) is 0. The van der Waals surface area contributed by atoms with E-state index in [4.69, 9.17) is 18.1 Å². The van der Waals surface area contributed by atoms with Crippen molar-refractivity contribution >= 4 is 39.8 Å². The molecule has 0 unspecified atom stereocenters. The molecule has 0 spiro atoms. The van der Waals surface area contributed by atoms with Gasteiger partial charge in [-0.2, -0.15) is 0 Å². The molecule has 1 rings (SSSR count). The van der Waals surface area contributed by atoms with Gasteiger partial charge in [0.1, 0.15) is 4.99 Å². The second-order valence-electron chi connectivity index (χ2n) is 1.98. The van der Waals surface area contributed by atoms with E-state index >= 15 is 0 Å². The molecule has 11 heavy (non-hydrogen) atoms. The number of hydrogen-bond acceptors (Lipinski definition) is 2. The Balaban J connectivity index is 2.96. The zero-order valence-corrected chi connectivity index (χ0v) is 8.65. The number of nitrogens with two attached hydrogens (primary N) is 1. The molecule has 0 saturated heterocycles. The molecule has 0 aliphatic rings. The van der Waals surface area contributed by atoms with E-state index in [1.165, 1.54) is 0 Å². The van der Waals surface area contributed by atoms with E-state index in [0.717, 1.165) is 9.13 Å². The minimum Gasteiger partial charge on any atom is -0.314 e. The molecule has 4 heteroatoms. The van der Waals surface area contributed by atoms with Crippen molar-refractivity contribution in [2.45, 2.75) is 0 Å². The molecule has 58 valence electrons. The highest BCUT2D eigenvalue weighted by molar-refractivity contribution is 14.1. The lowest BCUT2D eigenvalue weighted by Crippen LogP contribution is -2.28. The fourth-order valence-electron chi connectivity index (χ4n) is 0.713. The first-order valence-electron chi connectivity index (χ1n) is 3.00. The maximum atomic E-state index is 5.16. The molecule has 0 fully saturated rings. The van der Waals surface area contributed by atoms with Gasteiger partial charge in [0.25, 0.3) is 0 Å². The first kappa shape index (κ1) is 8.89. The Kier molecular flexibility index (Phi) is 3.22. The maximum absolute atomic E-state index is 5.16. The van der Waals surface area contributed by atoms with Crippen molar-refractivity contribution in [3.05, 3.63) is 33.4 Å². The van der Waals surface area contributed by atoms with Gasteiger partial charge in [0, 0.05) is 9.13 Å². The molecule has 0 heterocycles. The van der Waals surface area contributed by atoms with E-state index in [2.05, 4.69) is 28.0 Å². The van der Waals surface area contributed by atoms with Crippen molar-refractivity contribution in [1.82, 2.24) is 5.43 Å². The smallest absolute Gasteiger partial charge is 0.120 e. The Morgan fingerprint density at radius 1 is 1.55 bits per heavy atom. The van der Waals surface area contributed by atoms with E-state index in [0.29, 0.717) is 4.99 Å². The molecule has 0 atom stereocenters. The summed E-state index contributed by atoms with van der Waals surface area (Å²) in [5.74, 6) is 5.16. The standard InChI is InChI=1S/C7H7IN2S/c8-6-3-1-2-5(4-6)7(11)10-9/h1-4H,9H2,(H,10,11). The van der Waals surface area contributed by atoms with Crippen LogP contribution in [0.4, 0.5) is 0 Å². The third-order valence-electron chi connectivity index (χ3n) is 1.22. The monoisotopic (exact) mass is 278 g/mol. The molecular weight excluding hydrogens is 271 g/mol. The lowest BCUT2D eigenvalue weighted by molar-refractivity contribution is 1.05. The fraction of sp³-hybridized carbons (Fsp3) is 0. The number of benzene rings is 1. The van der Waals surface area contributed by atoms with E-state index < -0.39 is 0 Å². The molecule has 0 aliphatic carbocycles. The topological polar surface area (TPSA) is 38.0 Å². The number of halogens is 1. The highest BCUT2D eigenvalue weighted by atomic mass is 127. The van der Waals surface area contributed by atoms with Gasteiger partial charge in [-0.15, -0.1) is 0 Å². The van der Waals surface area contributed by atoms with Crippen LogP contribution in [0.15, 0.2) is 24.3 Å². The van der Waals surface area contributed by atoms with Crippen molar-refractivity contribution < 1.29 is 0 Å². The molecule has 0 amide bonds. The van der Waals surface area contributed by atoms with Gasteiger partial charge in [-0.3, -0.25) is 0 Å². The van der Waals surface area contributed by atoms with Crippen molar-refractivity contribution in [1.29, 1.82) is 0 Å². The van der Waals surface area contributed by atoms with Crippen molar-refractivity contribution in [2.24, 2.45) is 5.84 Å². The zero-order chi connectivity index (χ0) is 8.27. The SMILES string of the molecule is NNC(=S)c1cccc(I)c1. The summed E-state index contributed by atoms with van der Waals surface area (Å²) >= 11 is 7.17. The Bertz CT molecular complexity index is 275. The fourth-order valence-corrected chi connectivity index (χ4v) is 1.38. The van der Waals surface area contributed by atoms with Crippen molar-refractivity contribution in [2.75, 3.05) is 0 Å². The molecule has 0 bridgehead atoms. The Labute approximate surface area is 84.3 Å². The summed E-state index contributed by atoms with van der Waals surface area (Å²) in [4.78, 5) is 0.573. The highest BCUT2D eigenvalue weighted by Gasteiger charge is 1.97. The summed E-state index contributed by atoms with van der Waals surface area (Å²) in [6.07, 6.45) is 0. The Hall–Kier alpha value is -0.200. The average molecular weight is 278 g/mol. The summed E-state index contributed by atoms with van der Waals surface area (Å²) in [5.41, 5.74) is 3.39. The van der Waals surface area contributed by atoms with Gasteiger partial charge in [0.05, 0.1) is 0 Å². The van der Waals surface area contributed by atoms with Crippen LogP contribution in [0.3, 0.4) is 0 Å². The highest BCUT2D eigenvalue weighted by Crippen LogP contribution is 2.07. The molecule has 0 aromatic heterocycles. The van der Waals surface area contributed by atoms with Crippen LogP contribution in [-0.4, -0.2) is 4.99 Å². The summed E-state index contributed by atoms with van der Waals surface area (Å²) in [6, 6.07) is 7.84. The molecular formula is C7H7IN2S. The van der Waals surface area contributed by atoms with Crippen LogP contribution in [0.25, 0.3) is 0 Å². The molecule has 0 aliphatic heterocycles. The molecule has 2 nitrogen and oxygen atoms in total. The molecule has 0 radical (unpaired) electrons. The van der Waals surface area contributed by atoms with E-state index in [-0.39, 0.29) is 0 Å². The second kappa shape index (κ2) is 3.99. The Morgan fingerprint density at radius 3 is 2.82 bits per heavy atom. The van der Waals surface area contributed by atoms with Crippen LogP contribution in [0.1, 0.15) is 5.56 Å². The lowest BCUT2D eigenvalue weighted by Gasteiger charge is -2.01. The molecule has 1 aromatic rings. The van der Waals surface area contributed by atoms with Gasteiger partial charge in [0.2, 0.25) is 0 Å². The van der Waals surface area contributed by atoms with Crippen LogP contribution in [0, 0.1) is 3.57 Å². The van der Waals surface area contributed by atoms with Gasteiger partial charge in [-0.1, -0.05) is 24.4 Å². The first-order chi connectivity index (χ1) is 5.24. The number of hydrogen-bond donors (Lipinski definition) is 2. The number of thiocarbonyl (C=S) groups is 1.